The Morgan fingerprint density at radius 1 is 1.26 bits per heavy atom. The lowest BCUT2D eigenvalue weighted by Gasteiger charge is -2.06. The molecule has 2 rings (SSSR count). The molecule has 0 spiro atoms. The lowest BCUT2D eigenvalue weighted by molar-refractivity contribution is -0.136. The first-order chi connectivity index (χ1) is 9.08. The molecule has 0 bridgehead atoms. The maximum atomic E-state index is 12.0. The smallest absolute Gasteiger partial charge is 0.311 e. The van der Waals surface area contributed by atoms with Gasteiger partial charge in [-0.25, -0.2) is 0 Å². The topological polar surface area (TPSA) is 79.5 Å². The number of carbonyl (C=O) groups excluding carboxylic acids is 1. The fraction of sp³-hybridized carbons (Fsp3) is 0.0769. The predicted octanol–water partition coefficient (Wildman–Crippen LogP) is 2.81. The number of aliphatic carboxylic acids is 1. The molecule has 0 atom stereocenters. The molecule has 2 N–H and O–H groups in total. The minimum Gasteiger partial charge on any atom is -0.481 e. The number of amides is 1. The molecule has 0 unspecified atom stereocenters. The monoisotopic (exact) mass is 279 g/mol. The first-order valence-electron chi connectivity index (χ1n) is 5.42. The standard InChI is InChI=1S/C13H10ClNO4/c14-9-3-1-2-4-10(9)15-13(18)8-5-6-19-11(8)7-12(16)17/h1-6H,7H2,(H,15,18)(H,16,17). The second kappa shape index (κ2) is 5.58. The Morgan fingerprint density at radius 3 is 2.68 bits per heavy atom. The van der Waals surface area contributed by atoms with Gasteiger partial charge in [-0.15, -0.1) is 0 Å². The maximum Gasteiger partial charge on any atom is 0.311 e. The fourth-order valence-corrected chi connectivity index (χ4v) is 1.75. The van der Waals surface area contributed by atoms with E-state index in [0.29, 0.717) is 10.7 Å². The number of furan rings is 1. The highest BCUT2D eigenvalue weighted by atomic mass is 35.5. The summed E-state index contributed by atoms with van der Waals surface area (Å²) in [4.78, 5) is 22.6. The van der Waals surface area contributed by atoms with Crippen LogP contribution in [0.15, 0.2) is 41.0 Å². The summed E-state index contributed by atoms with van der Waals surface area (Å²) >= 11 is 5.92. The third kappa shape index (κ3) is 3.14. The normalized spacial score (nSPS) is 10.2. The van der Waals surface area contributed by atoms with Crippen molar-refractivity contribution in [2.45, 2.75) is 6.42 Å². The second-order valence-electron chi connectivity index (χ2n) is 3.76. The molecule has 0 radical (unpaired) electrons. The number of halogens is 1. The summed E-state index contributed by atoms with van der Waals surface area (Å²) in [6, 6.07) is 8.19. The number of para-hydroxylation sites is 1. The first-order valence-corrected chi connectivity index (χ1v) is 5.80. The zero-order valence-electron chi connectivity index (χ0n) is 9.72. The minimum atomic E-state index is -1.07. The molecular formula is C13H10ClNO4. The van der Waals surface area contributed by atoms with Gasteiger partial charge in [-0.2, -0.15) is 0 Å². The molecule has 98 valence electrons. The molecule has 0 aliphatic carbocycles. The number of rotatable bonds is 4. The van der Waals surface area contributed by atoms with E-state index >= 15 is 0 Å². The van der Waals surface area contributed by atoms with Crippen molar-refractivity contribution in [2.75, 3.05) is 5.32 Å². The van der Waals surface area contributed by atoms with Crippen LogP contribution in [0.1, 0.15) is 16.1 Å². The third-order valence-electron chi connectivity index (χ3n) is 2.42. The molecule has 1 aromatic carbocycles. The van der Waals surface area contributed by atoms with Crippen LogP contribution in [0, 0.1) is 0 Å². The van der Waals surface area contributed by atoms with Gasteiger partial charge < -0.3 is 14.8 Å². The van der Waals surface area contributed by atoms with E-state index in [4.69, 9.17) is 21.1 Å². The van der Waals surface area contributed by atoms with Crippen molar-refractivity contribution in [3.8, 4) is 0 Å². The fourth-order valence-electron chi connectivity index (χ4n) is 1.57. The number of nitrogens with one attached hydrogen (secondary N) is 1. The third-order valence-corrected chi connectivity index (χ3v) is 2.75. The van der Waals surface area contributed by atoms with Gasteiger partial charge in [0.2, 0.25) is 0 Å². The Balaban J connectivity index is 2.19. The van der Waals surface area contributed by atoms with E-state index in [2.05, 4.69) is 5.32 Å². The molecule has 0 aliphatic rings. The van der Waals surface area contributed by atoms with Gasteiger partial charge in [0.05, 0.1) is 22.5 Å². The van der Waals surface area contributed by atoms with Crippen LogP contribution >= 0.6 is 11.6 Å². The second-order valence-corrected chi connectivity index (χ2v) is 4.17. The van der Waals surface area contributed by atoms with Crippen LogP contribution in [0.2, 0.25) is 5.02 Å². The number of hydrogen-bond donors (Lipinski definition) is 2. The van der Waals surface area contributed by atoms with E-state index in [0.717, 1.165) is 0 Å². The summed E-state index contributed by atoms with van der Waals surface area (Å²) in [5, 5.41) is 11.7. The van der Waals surface area contributed by atoms with Crippen LogP contribution in [0.3, 0.4) is 0 Å². The van der Waals surface area contributed by atoms with E-state index in [1.807, 2.05) is 0 Å². The first kappa shape index (κ1) is 13.2. The Hall–Kier alpha value is -2.27. The van der Waals surface area contributed by atoms with Crippen molar-refractivity contribution in [2.24, 2.45) is 0 Å². The number of anilines is 1. The number of carboxylic acid groups (broad SMARTS) is 1. The molecule has 5 nitrogen and oxygen atoms in total. The molecule has 19 heavy (non-hydrogen) atoms. The van der Waals surface area contributed by atoms with Gasteiger partial charge in [-0.1, -0.05) is 23.7 Å². The molecule has 0 saturated heterocycles. The molecule has 2 aromatic rings. The quantitative estimate of drug-likeness (QED) is 0.902. The van der Waals surface area contributed by atoms with Gasteiger partial charge in [-0.3, -0.25) is 9.59 Å². The number of benzene rings is 1. The highest BCUT2D eigenvalue weighted by Gasteiger charge is 2.17. The summed E-state index contributed by atoms with van der Waals surface area (Å²) in [5.41, 5.74) is 0.638. The lowest BCUT2D eigenvalue weighted by atomic mass is 10.2. The van der Waals surface area contributed by atoms with Gasteiger partial charge in [0.15, 0.2) is 0 Å². The van der Waals surface area contributed by atoms with Crippen LogP contribution in [-0.4, -0.2) is 17.0 Å². The molecular weight excluding hydrogens is 270 g/mol. The number of carbonyl (C=O) groups is 2. The minimum absolute atomic E-state index is 0.108. The average Bonchev–Trinajstić information content (AvgIpc) is 2.79. The van der Waals surface area contributed by atoms with Crippen LogP contribution in [0.5, 0.6) is 0 Å². The van der Waals surface area contributed by atoms with E-state index in [1.165, 1.54) is 12.3 Å². The van der Waals surface area contributed by atoms with Crippen molar-refractivity contribution < 1.29 is 19.1 Å². The molecule has 0 saturated carbocycles. The van der Waals surface area contributed by atoms with Crippen LogP contribution in [0.25, 0.3) is 0 Å². The molecule has 0 fully saturated rings. The van der Waals surface area contributed by atoms with Gasteiger partial charge in [-0.05, 0) is 18.2 Å². The van der Waals surface area contributed by atoms with Crippen LogP contribution in [0.4, 0.5) is 5.69 Å². The summed E-state index contributed by atoms with van der Waals surface area (Å²) in [6.45, 7) is 0. The van der Waals surface area contributed by atoms with Crippen molar-refractivity contribution in [1.29, 1.82) is 0 Å². The Morgan fingerprint density at radius 2 is 2.00 bits per heavy atom. The van der Waals surface area contributed by atoms with Gasteiger partial charge >= 0.3 is 5.97 Å². The van der Waals surface area contributed by atoms with E-state index in [9.17, 15) is 9.59 Å². The molecule has 6 heteroatoms. The van der Waals surface area contributed by atoms with Crippen LogP contribution < -0.4 is 5.32 Å². The summed E-state index contributed by atoms with van der Waals surface area (Å²) < 4.78 is 4.99. The lowest BCUT2D eigenvalue weighted by Crippen LogP contribution is -2.14. The van der Waals surface area contributed by atoms with Gasteiger partial charge in [0.25, 0.3) is 5.91 Å². The van der Waals surface area contributed by atoms with Crippen molar-refractivity contribution >= 4 is 29.2 Å². The molecule has 1 heterocycles. The van der Waals surface area contributed by atoms with E-state index in [1.54, 1.807) is 24.3 Å². The summed E-state index contributed by atoms with van der Waals surface area (Å²) in [7, 11) is 0. The number of carboxylic acids is 1. The Kier molecular flexibility index (Phi) is 3.87. The van der Waals surface area contributed by atoms with Gasteiger partial charge in [0.1, 0.15) is 12.2 Å². The number of hydrogen-bond acceptors (Lipinski definition) is 3. The summed E-state index contributed by atoms with van der Waals surface area (Å²) in [5.74, 6) is -1.42. The largest absolute Gasteiger partial charge is 0.481 e. The van der Waals surface area contributed by atoms with Gasteiger partial charge in [0, 0.05) is 0 Å². The SMILES string of the molecule is O=C(O)Cc1occc1C(=O)Nc1ccccc1Cl. The zero-order chi connectivity index (χ0) is 13.8. The molecule has 0 aliphatic heterocycles. The average molecular weight is 280 g/mol. The van der Waals surface area contributed by atoms with Crippen molar-refractivity contribution in [3.63, 3.8) is 0 Å². The molecule has 1 aromatic heterocycles. The Labute approximate surface area is 113 Å². The zero-order valence-corrected chi connectivity index (χ0v) is 10.5. The Bertz CT molecular complexity index is 621. The van der Waals surface area contributed by atoms with Crippen molar-refractivity contribution in [3.05, 3.63) is 52.9 Å². The van der Waals surface area contributed by atoms with Crippen LogP contribution in [-0.2, 0) is 11.2 Å². The van der Waals surface area contributed by atoms with Crippen molar-refractivity contribution in [1.82, 2.24) is 0 Å². The predicted molar refractivity (Wildman–Crippen MR) is 69.5 cm³/mol. The van der Waals surface area contributed by atoms with E-state index in [-0.39, 0.29) is 17.7 Å². The summed E-state index contributed by atoms with van der Waals surface area (Å²) in [6.07, 6.45) is 0.929. The highest BCUT2D eigenvalue weighted by molar-refractivity contribution is 6.33. The van der Waals surface area contributed by atoms with E-state index < -0.39 is 11.9 Å². The maximum absolute atomic E-state index is 12.0. The molecule has 1 amide bonds. The highest BCUT2D eigenvalue weighted by Crippen LogP contribution is 2.22.